The van der Waals surface area contributed by atoms with Crippen LogP contribution in [0.1, 0.15) is 304 Å². The molecule has 0 aromatic rings. The number of ether oxygens (including phenoxy) is 7. The number of esters is 3. The van der Waals surface area contributed by atoms with Crippen LogP contribution in [0, 0.1) is 5.92 Å². The van der Waals surface area contributed by atoms with E-state index in [0.717, 1.165) is 96.3 Å². The van der Waals surface area contributed by atoms with Gasteiger partial charge in [-0.25, -0.2) is 4.57 Å². The van der Waals surface area contributed by atoms with E-state index < -0.39 is 156 Å². The molecular weight excluding hydrogens is 1280 g/mol. The molecule has 1 aliphatic carbocycles. The van der Waals surface area contributed by atoms with Gasteiger partial charge in [-0.3, -0.25) is 23.4 Å². The van der Waals surface area contributed by atoms with E-state index in [-0.39, 0.29) is 19.3 Å². The lowest BCUT2D eigenvalue weighted by molar-refractivity contribution is -0.360. The highest BCUT2D eigenvalue weighted by molar-refractivity contribution is 7.47. The first kappa shape index (κ1) is 89.2. The van der Waals surface area contributed by atoms with Gasteiger partial charge in [0.25, 0.3) is 0 Å². The average molecular weight is 1420 g/mol. The van der Waals surface area contributed by atoms with Crippen LogP contribution in [0.5, 0.6) is 0 Å². The number of unbranched alkanes of at least 4 members (excludes halogenated alkanes) is 34. The van der Waals surface area contributed by atoms with Crippen LogP contribution in [-0.2, 0) is 61.2 Å². The maximum Gasteiger partial charge on any atom is 0.472 e. The molecule has 3 rings (SSSR count). The molecule has 2 heterocycles. The molecule has 11 N–H and O–H groups in total. The van der Waals surface area contributed by atoms with Crippen molar-refractivity contribution in [2.24, 2.45) is 5.92 Å². The molecule has 25 heteroatoms. The van der Waals surface area contributed by atoms with E-state index in [0.29, 0.717) is 25.2 Å². The van der Waals surface area contributed by atoms with E-state index in [1.165, 1.54) is 141 Å². The zero-order chi connectivity index (χ0) is 71.2. The Balaban J connectivity index is 1.74. The number of aliphatic hydroxyl groups is 10. The first-order chi connectivity index (χ1) is 46.7. The normalized spacial score (nSPS) is 28.1. The Hall–Kier alpha value is -2.04. The summed E-state index contributed by atoms with van der Waals surface area (Å²) in [5.74, 6) is -1.28. The van der Waals surface area contributed by atoms with Crippen molar-refractivity contribution in [1.82, 2.24) is 0 Å². The summed E-state index contributed by atoms with van der Waals surface area (Å²) in [5.41, 5.74) is 0. The molecule has 19 unspecified atom stereocenters. The minimum atomic E-state index is -5.69. The molecule has 19 atom stereocenters. The van der Waals surface area contributed by atoms with Gasteiger partial charge in [-0.1, -0.05) is 265 Å². The Kier molecular flexibility index (Phi) is 49.4. The lowest BCUT2D eigenvalue weighted by Gasteiger charge is -2.49. The zero-order valence-electron chi connectivity index (χ0n) is 59.8. The molecular formula is C72H135O24P. The molecule has 2 aliphatic heterocycles. The number of phosphoric acid groups is 1. The monoisotopic (exact) mass is 1410 g/mol. The summed E-state index contributed by atoms with van der Waals surface area (Å²) in [6.07, 6.45) is 8.88. The fourth-order valence-corrected chi connectivity index (χ4v) is 13.9. The number of rotatable bonds is 59. The van der Waals surface area contributed by atoms with Crippen LogP contribution in [0.3, 0.4) is 0 Å². The van der Waals surface area contributed by atoms with Gasteiger partial charge in [-0.2, -0.15) is 0 Å². The third-order valence-corrected chi connectivity index (χ3v) is 20.3. The maximum atomic E-state index is 14.3. The van der Waals surface area contributed by atoms with Crippen molar-refractivity contribution in [3.8, 4) is 0 Å². The summed E-state index contributed by atoms with van der Waals surface area (Å²) >= 11 is 0. The van der Waals surface area contributed by atoms with Crippen molar-refractivity contribution in [3.05, 3.63) is 0 Å². The summed E-state index contributed by atoms with van der Waals surface area (Å²) in [6.45, 7) is 5.79. The van der Waals surface area contributed by atoms with Crippen LogP contribution in [0.2, 0.25) is 0 Å². The van der Waals surface area contributed by atoms with Crippen LogP contribution in [0.25, 0.3) is 0 Å². The van der Waals surface area contributed by atoms with E-state index in [1.54, 1.807) is 0 Å². The summed E-state index contributed by atoms with van der Waals surface area (Å²) in [4.78, 5) is 51.0. The van der Waals surface area contributed by atoms with Gasteiger partial charge in [0.1, 0.15) is 98.7 Å². The SMILES string of the molecule is CCCCCCCCCCCCCCCCC(=O)OC(COC(=O)CCCCCCCCC(C)CCCCCCCC)COP(=O)(O)OC1C(OC2OC(CO)C(O)C(O)C2O)C(O)C(O)C(O)C1OC1OC(COC(=O)CCCCCCCCCCCCCC)C(O)C(O)C1O. The molecule has 3 aliphatic rings. The molecule has 0 amide bonds. The Labute approximate surface area is 580 Å². The van der Waals surface area contributed by atoms with Gasteiger partial charge in [0, 0.05) is 19.3 Å². The second-order valence-corrected chi connectivity index (χ2v) is 29.4. The van der Waals surface area contributed by atoms with Crippen LogP contribution in [0.15, 0.2) is 0 Å². The summed E-state index contributed by atoms with van der Waals surface area (Å²) in [5, 5.41) is 110. The van der Waals surface area contributed by atoms with Gasteiger partial charge in [-0.15, -0.1) is 0 Å². The minimum Gasteiger partial charge on any atom is -0.463 e. The van der Waals surface area contributed by atoms with Crippen LogP contribution >= 0.6 is 7.82 Å². The Morgan fingerprint density at radius 3 is 1.11 bits per heavy atom. The Morgan fingerprint density at radius 1 is 0.392 bits per heavy atom. The van der Waals surface area contributed by atoms with Crippen molar-refractivity contribution in [2.75, 3.05) is 26.4 Å². The predicted molar refractivity (Wildman–Crippen MR) is 365 cm³/mol. The molecule has 0 aromatic heterocycles. The van der Waals surface area contributed by atoms with Crippen molar-refractivity contribution < 1.29 is 117 Å². The molecule has 0 aromatic carbocycles. The molecule has 3 fully saturated rings. The molecule has 1 saturated carbocycles. The summed E-state index contributed by atoms with van der Waals surface area (Å²) < 4.78 is 65.1. The summed E-state index contributed by atoms with van der Waals surface area (Å²) in [6, 6.07) is 0. The number of hydrogen-bond acceptors (Lipinski definition) is 23. The molecule has 2 saturated heterocycles. The fourth-order valence-electron chi connectivity index (χ4n) is 12.9. The van der Waals surface area contributed by atoms with Crippen LogP contribution in [-0.4, -0.2) is 204 Å². The van der Waals surface area contributed by atoms with Crippen LogP contribution < -0.4 is 0 Å². The smallest absolute Gasteiger partial charge is 0.463 e. The predicted octanol–water partition coefficient (Wildman–Crippen LogP) is 10.4. The molecule has 0 spiro atoms. The number of phosphoric ester groups is 1. The zero-order valence-corrected chi connectivity index (χ0v) is 60.7. The van der Waals surface area contributed by atoms with E-state index in [2.05, 4.69) is 27.7 Å². The quantitative estimate of drug-likeness (QED) is 0.0117. The van der Waals surface area contributed by atoms with Gasteiger partial charge >= 0.3 is 25.7 Å². The number of hydrogen-bond donors (Lipinski definition) is 11. The third-order valence-electron chi connectivity index (χ3n) is 19.3. The van der Waals surface area contributed by atoms with Crippen molar-refractivity contribution in [2.45, 2.75) is 408 Å². The fraction of sp³-hybridized carbons (Fsp3) is 0.958. The second-order valence-electron chi connectivity index (χ2n) is 28.0. The van der Waals surface area contributed by atoms with Crippen molar-refractivity contribution >= 4 is 25.7 Å². The highest BCUT2D eigenvalue weighted by Crippen LogP contribution is 2.49. The first-order valence-corrected chi connectivity index (χ1v) is 39.7. The third kappa shape index (κ3) is 37.3. The van der Waals surface area contributed by atoms with E-state index in [9.17, 15) is 74.9 Å². The second kappa shape index (κ2) is 53.7. The standard InChI is InChI=1S/C72H135O24P/c1-5-8-11-14-17-19-21-23-24-26-28-30-37-42-47-58(76)91-53(49-88-56(74)45-40-36-32-31-34-39-44-52(4)43-38-33-16-13-10-7-3)50-90-97(86,87)96-70-68(94-71-66(84)61(79)59(77)54(48-73)92-71)64(82)63(81)65(83)69(70)95-72-67(85)62(80)60(78)55(93-72)51-89-57(75)46-41-35-29-27-25-22-20-18-15-12-9-6-2/h52-55,59-73,77-85H,5-51H2,1-4H3,(H,86,87). The van der Waals surface area contributed by atoms with E-state index >= 15 is 0 Å². The average Bonchev–Trinajstić information content (AvgIpc) is 0.771. The number of carbonyl (C=O) groups excluding carboxylic acids is 3. The molecule has 0 bridgehead atoms. The maximum absolute atomic E-state index is 14.3. The topological polar surface area (TPSA) is 374 Å². The lowest BCUT2D eigenvalue weighted by atomic mass is 9.84. The van der Waals surface area contributed by atoms with E-state index in [1.807, 2.05) is 0 Å². The number of carbonyl (C=O) groups is 3. The lowest BCUT2D eigenvalue weighted by Crippen LogP contribution is -2.69. The van der Waals surface area contributed by atoms with Gasteiger partial charge < -0.3 is 89.1 Å². The highest BCUT2D eigenvalue weighted by Gasteiger charge is 2.58. The van der Waals surface area contributed by atoms with Gasteiger partial charge in [0.2, 0.25) is 0 Å². The first-order valence-electron chi connectivity index (χ1n) is 38.2. The molecule has 572 valence electrons. The van der Waals surface area contributed by atoms with Crippen LogP contribution in [0.4, 0.5) is 0 Å². The van der Waals surface area contributed by atoms with Crippen molar-refractivity contribution in [3.63, 3.8) is 0 Å². The van der Waals surface area contributed by atoms with Gasteiger partial charge in [-0.05, 0) is 25.2 Å². The molecule has 97 heavy (non-hydrogen) atoms. The largest absolute Gasteiger partial charge is 0.472 e. The Morgan fingerprint density at radius 2 is 0.722 bits per heavy atom. The molecule has 0 radical (unpaired) electrons. The van der Waals surface area contributed by atoms with Crippen molar-refractivity contribution in [1.29, 1.82) is 0 Å². The van der Waals surface area contributed by atoms with Gasteiger partial charge in [0.15, 0.2) is 18.7 Å². The minimum absolute atomic E-state index is 0.0328. The highest BCUT2D eigenvalue weighted by atomic mass is 31.2. The Bertz CT molecular complexity index is 2030. The van der Waals surface area contributed by atoms with Gasteiger partial charge in [0.05, 0.1) is 13.2 Å². The summed E-state index contributed by atoms with van der Waals surface area (Å²) in [7, 11) is -5.69. The van der Waals surface area contributed by atoms with E-state index in [4.69, 9.17) is 42.2 Å². The molecule has 24 nitrogen and oxygen atoms in total. The number of aliphatic hydroxyl groups excluding tert-OH is 10.